The molecule has 9 aromatic carbocycles. The molecule has 0 atom stereocenters. The van der Waals surface area contributed by atoms with Crippen LogP contribution in [-0.2, 0) is 5.41 Å². The third-order valence-corrected chi connectivity index (χ3v) is 11.3. The van der Waals surface area contributed by atoms with E-state index in [1.165, 1.54) is 76.8 Å². The van der Waals surface area contributed by atoms with Crippen molar-refractivity contribution >= 4 is 49.4 Å². The highest BCUT2D eigenvalue weighted by molar-refractivity contribution is 6.13. The molecular formula is C51H37N. The minimum atomic E-state index is -0.0420. The van der Waals surface area contributed by atoms with Crippen LogP contribution in [0.3, 0.4) is 0 Å². The molecule has 0 aliphatic heterocycles. The fourth-order valence-corrected chi connectivity index (χ4v) is 8.64. The molecule has 0 N–H and O–H groups in total. The maximum Gasteiger partial charge on any atom is 0.0468 e. The van der Waals surface area contributed by atoms with Crippen molar-refractivity contribution in [2.75, 3.05) is 4.90 Å². The van der Waals surface area contributed by atoms with Gasteiger partial charge in [-0.05, 0) is 119 Å². The van der Waals surface area contributed by atoms with E-state index in [9.17, 15) is 0 Å². The van der Waals surface area contributed by atoms with Crippen LogP contribution in [0.25, 0.3) is 65.7 Å². The van der Waals surface area contributed by atoms with E-state index in [0.29, 0.717) is 0 Å². The topological polar surface area (TPSA) is 3.24 Å². The molecule has 0 saturated carbocycles. The predicted octanol–water partition coefficient (Wildman–Crippen LogP) is 14.3. The summed E-state index contributed by atoms with van der Waals surface area (Å²) in [6.07, 6.45) is 0. The van der Waals surface area contributed by atoms with Gasteiger partial charge in [-0.1, -0.05) is 159 Å². The molecule has 0 unspecified atom stereocenters. The van der Waals surface area contributed by atoms with E-state index < -0.39 is 0 Å². The first-order chi connectivity index (χ1) is 25.5. The normalized spacial score (nSPS) is 13.0. The molecule has 0 heterocycles. The summed E-state index contributed by atoms with van der Waals surface area (Å²) >= 11 is 0. The molecule has 0 amide bonds. The Balaban J connectivity index is 1.11. The number of nitrogens with zero attached hydrogens (tertiary/aromatic N) is 1. The van der Waals surface area contributed by atoms with E-state index in [0.717, 1.165) is 17.1 Å². The van der Waals surface area contributed by atoms with Crippen LogP contribution in [-0.4, -0.2) is 0 Å². The van der Waals surface area contributed by atoms with Gasteiger partial charge in [-0.15, -0.1) is 0 Å². The lowest BCUT2D eigenvalue weighted by Crippen LogP contribution is -2.15. The quantitative estimate of drug-likeness (QED) is 0.166. The molecule has 1 nitrogen and oxygen atoms in total. The van der Waals surface area contributed by atoms with Crippen molar-refractivity contribution < 1.29 is 0 Å². The molecule has 9 aromatic rings. The molecule has 0 aromatic heterocycles. The van der Waals surface area contributed by atoms with E-state index >= 15 is 0 Å². The van der Waals surface area contributed by atoms with Crippen molar-refractivity contribution in [1.82, 2.24) is 0 Å². The molecule has 0 fully saturated rings. The van der Waals surface area contributed by atoms with Crippen LogP contribution < -0.4 is 4.90 Å². The van der Waals surface area contributed by atoms with Crippen molar-refractivity contribution in [3.05, 3.63) is 199 Å². The van der Waals surface area contributed by atoms with Gasteiger partial charge in [0.25, 0.3) is 0 Å². The number of fused-ring (bicyclic) bond motifs is 7. The van der Waals surface area contributed by atoms with Gasteiger partial charge in [-0.2, -0.15) is 0 Å². The van der Waals surface area contributed by atoms with E-state index in [2.05, 4.69) is 207 Å². The molecule has 0 saturated heterocycles. The highest BCUT2D eigenvalue weighted by Crippen LogP contribution is 2.50. The molecule has 1 aliphatic rings. The minimum Gasteiger partial charge on any atom is -0.310 e. The molecule has 1 aliphatic carbocycles. The fourth-order valence-electron chi connectivity index (χ4n) is 8.64. The molecule has 10 rings (SSSR count). The van der Waals surface area contributed by atoms with Gasteiger partial charge >= 0.3 is 0 Å². The number of anilines is 3. The summed E-state index contributed by atoms with van der Waals surface area (Å²) in [5, 5.41) is 7.63. The van der Waals surface area contributed by atoms with Gasteiger partial charge in [-0.25, -0.2) is 0 Å². The Bertz CT molecular complexity index is 2800. The Morgan fingerprint density at radius 3 is 1.60 bits per heavy atom. The zero-order valence-corrected chi connectivity index (χ0v) is 29.3. The van der Waals surface area contributed by atoms with Crippen molar-refractivity contribution in [3.63, 3.8) is 0 Å². The number of rotatable bonds is 5. The lowest BCUT2D eigenvalue weighted by molar-refractivity contribution is 0.660. The summed E-state index contributed by atoms with van der Waals surface area (Å²) in [6.45, 7) is 4.69. The van der Waals surface area contributed by atoms with Gasteiger partial charge in [0.2, 0.25) is 0 Å². The van der Waals surface area contributed by atoms with Crippen molar-refractivity contribution in [2.45, 2.75) is 19.3 Å². The summed E-state index contributed by atoms with van der Waals surface area (Å²) in [5.74, 6) is 0. The van der Waals surface area contributed by atoms with Gasteiger partial charge in [0.1, 0.15) is 0 Å². The van der Waals surface area contributed by atoms with Gasteiger partial charge < -0.3 is 4.90 Å². The molecular weight excluding hydrogens is 627 g/mol. The number of benzene rings is 9. The Hall–Kier alpha value is -6.44. The van der Waals surface area contributed by atoms with Gasteiger partial charge in [0.05, 0.1) is 0 Å². The molecule has 246 valence electrons. The van der Waals surface area contributed by atoms with Crippen LogP contribution in [0, 0.1) is 0 Å². The maximum atomic E-state index is 2.41. The second-order valence-electron chi connectivity index (χ2n) is 14.5. The van der Waals surface area contributed by atoms with Crippen molar-refractivity contribution in [3.8, 4) is 33.4 Å². The van der Waals surface area contributed by atoms with Crippen LogP contribution >= 0.6 is 0 Å². The number of hydrogen-bond acceptors (Lipinski definition) is 1. The Kier molecular flexibility index (Phi) is 6.91. The first-order valence-corrected chi connectivity index (χ1v) is 18.2. The molecule has 1 heteroatoms. The third kappa shape index (κ3) is 4.77. The second kappa shape index (κ2) is 11.8. The van der Waals surface area contributed by atoms with Crippen LogP contribution in [0.1, 0.15) is 25.0 Å². The predicted molar refractivity (Wildman–Crippen MR) is 222 cm³/mol. The molecule has 0 bridgehead atoms. The summed E-state index contributed by atoms with van der Waals surface area (Å²) in [5.41, 5.74) is 13.7. The van der Waals surface area contributed by atoms with Crippen LogP contribution in [0.2, 0.25) is 0 Å². The van der Waals surface area contributed by atoms with Gasteiger partial charge in [0.15, 0.2) is 0 Å². The van der Waals surface area contributed by atoms with E-state index in [4.69, 9.17) is 0 Å². The first kappa shape index (κ1) is 30.4. The molecule has 52 heavy (non-hydrogen) atoms. The molecule has 0 spiro atoms. The zero-order chi connectivity index (χ0) is 34.8. The number of hydrogen-bond donors (Lipinski definition) is 0. The zero-order valence-electron chi connectivity index (χ0n) is 29.3. The minimum absolute atomic E-state index is 0.0420. The molecule has 0 radical (unpaired) electrons. The van der Waals surface area contributed by atoms with Crippen molar-refractivity contribution in [1.29, 1.82) is 0 Å². The Morgan fingerprint density at radius 1 is 0.327 bits per heavy atom. The largest absolute Gasteiger partial charge is 0.310 e. The van der Waals surface area contributed by atoms with E-state index in [-0.39, 0.29) is 5.41 Å². The highest BCUT2D eigenvalue weighted by atomic mass is 15.1. The van der Waals surface area contributed by atoms with Gasteiger partial charge in [-0.3, -0.25) is 0 Å². The van der Waals surface area contributed by atoms with Crippen molar-refractivity contribution in [2.24, 2.45) is 0 Å². The average molecular weight is 664 g/mol. The summed E-state index contributed by atoms with van der Waals surface area (Å²) in [4.78, 5) is 2.41. The lowest BCUT2D eigenvalue weighted by atomic mass is 9.82. The average Bonchev–Trinajstić information content (AvgIpc) is 3.43. The summed E-state index contributed by atoms with van der Waals surface area (Å²) < 4.78 is 0. The standard InChI is InChI=1S/C51H37N/c1-51(2)49-21-10-9-19-46(49)48-33-40(30-31-50(48)51)52(38-26-22-35(23-27-38)42-20-11-14-34-12-3-5-15-41(34)42)39-28-24-36(25-29-39)47-32-37-13-4-6-16-43(37)44-17-7-8-18-45(44)47/h3-33H,1-2H3. The maximum absolute atomic E-state index is 2.41. The lowest BCUT2D eigenvalue weighted by Gasteiger charge is -2.27. The van der Waals surface area contributed by atoms with Gasteiger partial charge in [0, 0.05) is 22.5 Å². The highest BCUT2D eigenvalue weighted by Gasteiger charge is 2.35. The summed E-state index contributed by atoms with van der Waals surface area (Å²) in [7, 11) is 0. The fraction of sp³-hybridized carbons (Fsp3) is 0.0588. The smallest absolute Gasteiger partial charge is 0.0468 e. The summed E-state index contributed by atoms with van der Waals surface area (Å²) in [6, 6.07) is 69.2. The van der Waals surface area contributed by atoms with E-state index in [1.807, 2.05) is 0 Å². The Labute approximate surface area is 305 Å². The third-order valence-electron chi connectivity index (χ3n) is 11.3. The second-order valence-corrected chi connectivity index (χ2v) is 14.5. The van der Waals surface area contributed by atoms with Crippen LogP contribution in [0.4, 0.5) is 17.1 Å². The van der Waals surface area contributed by atoms with Crippen LogP contribution in [0.5, 0.6) is 0 Å². The monoisotopic (exact) mass is 663 g/mol. The first-order valence-electron chi connectivity index (χ1n) is 18.2. The SMILES string of the molecule is CC1(C)c2ccccc2-c2cc(N(c3ccc(-c4cccc5ccccc45)cc3)c3ccc(-c4cc5ccccc5c5ccccc45)cc3)ccc21. The van der Waals surface area contributed by atoms with Crippen LogP contribution in [0.15, 0.2) is 188 Å². The van der Waals surface area contributed by atoms with E-state index in [1.54, 1.807) is 0 Å². The Morgan fingerprint density at radius 2 is 0.846 bits per heavy atom.